The molecule has 0 bridgehead atoms. The number of carbonyl (C=O) groups excluding carboxylic acids is 2. The molecule has 1 N–H and O–H groups in total. The number of nitrogens with one attached hydrogen (secondary N) is 1. The van der Waals surface area contributed by atoms with Crippen LogP contribution in [0.5, 0.6) is 0 Å². The van der Waals surface area contributed by atoms with Crippen molar-refractivity contribution in [3.05, 3.63) is 93.9 Å². The van der Waals surface area contributed by atoms with Crippen molar-refractivity contribution in [3.63, 3.8) is 0 Å². The summed E-state index contributed by atoms with van der Waals surface area (Å²) in [4.78, 5) is 27.5. The molecule has 2 amide bonds. The summed E-state index contributed by atoms with van der Waals surface area (Å²) in [5, 5.41) is 2.99. The lowest BCUT2D eigenvalue weighted by Gasteiger charge is -2.31. The van der Waals surface area contributed by atoms with Gasteiger partial charge in [-0.15, -0.1) is 0 Å². The molecule has 0 aliphatic carbocycles. The number of likely N-dealkylation sites (N-methyl/N-ethyl adjacent to an activating group) is 1. The van der Waals surface area contributed by atoms with Crippen molar-refractivity contribution in [2.45, 2.75) is 24.4 Å². The van der Waals surface area contributed by atoms with Crippen LogP contribution in [0, 0.1) is 0 Å². The van der Waals surface area contributed by atoms with Gasteiger partial charge in [-0.05, 0) is 61.0 Å². The maximum absolute atomic E-state index is 13.6. The summed E-state index contributed by atoms with van der Waals surface area (Å²) in [5.41, 5.74) is 1.06. The Balaban J connectivity index is 2.01. The summed E-state index contributed by atoms with van der Waals surface area (Å²) in [6, 6.07) is 20.6. The average Bonchev–Trinajstić information content (AvgIpc) is 2.86. The molecule has 184 valence electrons. The van der Waals surface area contributed by atoms with Crippen LogP contribution >= 0.6 is 27.5 Å². The first-order valence-electron chi connectivity index (χ1n) is 10.7. The number of rotatable bonds is 9. The fourth-order valence-electron chi connectivity index (χ4n) is 3.48. The van der Waals surface area contributed by atoms with Gasteiger partial charge in [0.2, 0.25) is 11.8 Å². The Hall–Kier alpha value is -2.88. The minimum Gasteiger partial charge on any atom is -0.357 e. The molecule has 0 radical (unpaired) electrons. The number of hydrogen-bond donors (Lipinski definition) is 1. The molecule has 0 saturated heterocycles. The van der Waals surface area contributed by atoms with Crippen LogP contribution in [0.4, 0.5) is 5.69 Å². The number of halogens is 2. The zero-order chi connectivity index (χ0) is 25.6. The van der Waals surface area contributed by atoms with E-state index in [-0.39, 0.29) is 23.0 Å². The van der Waals surface area contributed by atoms with Crippen molar-refractivity contribution in [3.8, 4) is 0 Å². The largest absolute Gasteiger partial charge is 0.357 e. The second kappa shape index (κ2) is 11.7. The average molecular weight is 579 g/mol. The monoisotopic (exact) mass is 577 g/mol. The third-order valence-electron chi connectivity index (χ3n) is 5.38. The maximum Gasteiger partial charge on any atom is 0.264 e. The van der Waals surface area contributed by atoms with Crippen LogP contribution in [-0.4, -0.2) is 44.8 Å². The summed E-state index contributed by atoms with van der Waals surface area (Å²) in [6.07, 6.45) is 0. The molecule has 3 aromatic rings. The normalized spacial score (nSPS) is 12.0. The molecule has 0 saturated carbocycles. The number of carbonyl (C=O) groups is 2. The minimum absolute atomic E-state index is 0.0423. The molecule has 0 spiro atoms. The number of nitrogens with zero attached hydrogens (tertiary/aromatic N) is 2. The highest BCUT2D eigenvalue weighted by atomic mass is 79.9. The van der Waals surface area contributed by atoms with Gasteiger partial charge in [-0.2, -0.15) is 0 Å². The van der Waals surface area contributed by atoms with E-state index in [4.69, 9.17) is 11.6 Å². The van der Waals surface area contributed by atoms with E-state index in [1.54, 1.807) is 37.3 Å². The standard InChI is InChI=1S/C25H25BrClN3O4S/c1-18(25(32)28-2)29(16-19-7-6-8-20(26)15-19)24(31)17-30(22-13-11-21(27)12-14-22)35(33,34)23-9-4-3-5-10-23/h3-15,18H,16-17H2,1-2H3,(H,28,32)/t18-/m1/s1. The molecule has 0 unspecified atom stereocenters. The van der Waals surface area contributed by atoms with Gasteiger partial charge in [0.15, 0.2) is 0 Å². The predicted octanol–water partition coefficient (Wildman–Crippen LogP) is 4.46. The molecule has 0 aliphatic heterocycles. The Bertz CT molecular complexity index is 1290. The molecular formula is C25H25BrClN3O4S. The van der Waals surface area contributed by atoms with Gasteiger partial charge >= 0.3 is 0 Å². The Morgan fingerprint density at radius 3 is 2.26 bits per heavy atom. The van der Waals surface area contributed by atoms with E-state index in [0.717, 1.165) is 14.3 Å². The first-order chi connectivity index (χ1) is 16.6. The Morgan fingerprint density at radius 2 is 1.66 bits per heavy atom. The van der Waals surface area contributed by atoms with Gasteiger partial charge in [-0.3, -0.25) is 13.9 Å². The van der Waals surface area contributed by atoms with Crippen LogP contribution in [0.2, 0.25) is 5.02 Å². The number of benzene rings is 3. The van der Waals surface area contributed by atoms with E-state index in [1.807, 2.05) is 24.3 Å². The van der Waals surface area contributed by atoms with Gasteiger partial charge < -0.3 is 10.2 Å². The van der Waals surface area contributed by atoms with Gasteiger partial charge in [0.1, 0.15) is 12.6 Å². The zero-order valence-electron chi connectivity index (χ0n) is 19.2. The van der Waals surface area contributed by atoms with Crippen molar-refractivity contribution in [2.24, 2.45) is 0 Å². The summed E-state index contributed by atoms with van der Waals surface area (Å²) in [5.74, 6) is -0.896. The van der Waals surface area contributed by atoms with Crippen LogP contribution < -0.4 is 9.62 Å². The highest BCUT2D eigenvalue weighted by molar-refractivity contribution is 9.10. The van der Waals surface area contributed by atoms with Gasteiger partial charge in [-0.1, -0.05) is 57.9 Å². The topological polar surface area (TPSA) is 86.8 Å². The molecule has 10 heteroatoms. The summed E-state index contributed by atoms with van der Waals surface area (Å²) in [7, 11) is -2.61. The Labute approximate surface area is 218 Å². The minimum atomic E-state index is -4.09. The number of anilines is 1. The third kappa shape index (κ3) is 6.62. The van der Waals surface area contributed by atoms with Gasteiger partial charge in [0.05, 0.1) is 10.6 Å². The smallest absolute Gasteiger partial charge is 0.264 e. The van der Waals surface area contributed by atoms with Crippen molar-refractivity contribution in [1.29, 1.82) is 0 Å². The lowest BCUT2D eigenvalue weighted by molar-refractivity contribution is -0.139. The number of hydrogen-bond acceptors (Lipinski definition) is 4. The molecule has 0 heterocycles. The summed E-state index contributed by atoms with van der Waals surface area (Å²) < 4.78 is 29.0. The maximum atomic E-state index is 13.6. The highest BCUT2D eigenvalue weighted by Gasteiger charge is 2.32. The van der Waals surface area contributed by atoms with Crippen LogP contribution in [0.1, 0.15) is 12.5 Å². The SMILES string of the molecule is CNC(=O)[C@@H](C)N(Cc1cccc(Br)c1)C(=O)CN(c1ccc(Cl)cc1)S(=O)(=O)c1ccccc1. The lowest BCUT2D eigenvalue weighted by atomic mass is 10.1. The van der Waals surface area contributed by atoms with Crippen LogP contribution in [0.3, 0.4) is 0 Å². The van der Waals surface area contributed by atoms with E-state index in [2.05, 4.69) is 21.2 Å². The van der Waals surface area contributed by atoms with Crippen molar-refractivity contribution in [1.82, 2.24) is 10.2 Å². The van der Waals surface area contributed by atoms with E-state index in [9.17, 15) is 18.0 Å². The van der Waals surface area contributed by atoms with Gasteiger partial charge in [0.25, 0.3) is 10.0 Å². The van der Waals surface area contributed by atoms with Gasteiger partial charge in [0, 0.05) is 23.1 Å². The number of amides is 2. The molecule has 1 atom stereocenters. The summed E-state index contributed by atoms with van der Waals surface area (Å²) in [6.45, 7) is 1.22. The quantitative estimate of drug-likeness (QED) is 0.406. The van der Waals surface area contributed by atoms with Crippen molar-refractivity contribution < 1.29 is 18.0 Å². The van der Waals surface area contributed by atoms with Crippen LogP contribution in [0.15, 0.2) is 88.2 Å². The predicted molar refractivity (Wildman–Crippen MR) is 141 cm³/mol. The van der Waals surface area contributed by atoms with Crippen LogP contribution in [0.25, 0.3) is 0 Å². The second-order valence-corrected chi connectivity index (χ2v) is 11.0. The van der Waals surface area contributed by atoms with E-state index in [1.165, 1.54) is 36.2 Å². The number of sulfonamides is 1. The highest BCUT2D eigenvalue weighted by Crippen LogP contribution is 2.26. The molecule has 7 nitrogen and oxygen atoms in total. The molecule has 3 aromatic carbocycles. The molecule has 0 fully saturated rings. The molecule has 3 rings (SSSR count). The second-order valence-electron chi connectivity index (χ2n) is 7.74. The van der Waals surface area contributed by atoms with Crippen molar-refractivity contribution >= 4 is 55.1 Å². The molecule has 0 aliphatic rings. The first-order valence-corrected chi connectivity index (χ1v) is 13.3. The molecular weight excluding hydrogens is 554 g/mol. The zero-order valence-corrected chi connectivity index (χ0v) is 22.3. The van der Waals surface area contributed by atoms with E-state index < -0.39 is 28.5 Å². The van der Waals surface area contributed by atoms with Crippen LogP contribution in [-0.2, 0) is 26.2 Å². The van der Waals surface area contributed by atoms with E-state index >= 15 is 0 Å². The first kappa shape index (κ1) is 26.7. The third-order valence-corrected chi connectivity index (χ3v) is 7.91. The van der Waals surface area contributed by atoms with Gasteiger partial charge in [-0.25, -0.2) is 8.42 Å². The summed E-state index contributed by atoms with van der Waals surface area (Å²) >= 11 is 9.42. The fourth-order valence-corrected chi connectivity index (χ4v) is 5.49. The fraction of sp³-hybridized carbons (Fsp3) is 0.200. The molecule has 0 aromatic heterocycles. The lowest BCUT2D eigenvalue weighted by Crippen LogP contribution is -2.50. The Kier molecular flexibility index (Phi) is 8.93. The Morgan fingerprint density at radius 1 is 1.00 bits per heavy atom. The molecule has 35 heavy (non-hydrogen) atoms. The van der Waals surface area contributed by atoms with E-state index in [0.29, 0.717) is 5.02 Å². The van der Waals surface area contributed by atoms with Crippen molar-refractivity contribution in [2.75, 3.05) is 17.9 Å².